The Labute approximate surface area is 196 Å². The number of carbonyl (C=O) groups excluding carboxylic acids is 1. The lowest BCUT2D eigenvalue weighted by atomic mass is 10.2. The monoisotopic (exact) mass is 476 g/mol. The molecule has 33 heavy (non-hydrogen) atoms. The summed E-state index contributed by atoms with van der Waals surface area (Å²) in [7, 11) is -2.22. The minimum Gasteiger partial charge on any atom is -0.495 e. The number of rotatable bonds is 12. The van der Waals surface area contributed by atoms with Gasteiger partial charge in [-0.25, -0.2) is 8.42 Å². The maximum atomic E-state index is 12.8. The van der Waals surface area contributed by atoms with E-state index >= 15 is 0 Å². The highest BCUT2D eigenvalue weighted by atomic mass is 32.2. The van der Waals surface area contributed by atoms with Crippen LogP contribution in [-0.4, -0.2) is 52.0 Å². The molecule has 9 heteroatoms. The number of carbonyl (C=O) groups is 1. The Hall–Kier alpha value is -3.04. The van der Waals surface area contributed by atoms with E-state index in [1.807, 2.05) is 19.9 Å². The van der Waals surface area contributed by atoms with E-state index < -0.39 is 15.9 Å². The molecule has 0 fully saturated rings. The molecule has 0 saturated carbocycles. The van der Waals surface area contributed by atoms with Crippen LogP contribution in [0.25, 0.3) is 6.08 Å². The molecule has 1 amide bonds. The van der Waals surface area contributed by atoms with Crippen molar-refractivity contribution < 1.29 is 27.4 Å². The first-order valence-electron chi connectivity index (χ1n) is 10.9. The third-order valence-electron chi connectivity index (χ3n) is 4.77. The van der Waals surface area contributed by atoms with Gasteiger partial charge in [0.05, 0.1) is 30.9 Å². The van der Waals surface area contributed by atoms with Crippen LogP contribution in [-0.2, 0) is 14.8 Å². The SMILES string of the molecule is CCOc1ccc(/C=C/C(=O)Nc2cc(S(=O)(=O)N(CC)CC)ccc2OC)cc1OCC. The minimum absolute atomic E-state index is 0.0825. The van der Waals surface area contributed by atoms with Gasteiger partial charge in [-0.2, -0.15) is 4.31 Å². The lowest BCUT2D eigenvalue weighted by Gasteiger charge is -2.19. The molecule has 0 aromatic heterocycles. The van der Waals surface area contributed by atoms with Gasteiger partial charge in [0.25, 0.3) is 0 Å². The van der Waals surface area contributed by atoms with E-state index in [1.54, 1.807) is 32.1 Å². The first-order valence-corrected chi connectivity index (χ1v) is 12.3. The quantitative estimate of drug-likeness (QED) is 0.462. The smallest absolute Gasteiger partial charge is 0.248 e. The fourth-order valence-corrected chi connectivity index (χ4v) is 4.66. The van der Waals surface area contributed by atoms with Crippen LogP contribution in [0, 0.1) is 0 Å². The third-order valence-corrected chi connectivity index (χ3v) is 6.81. The van der Waals surface area contributed by atoms with Gasteiger partial charge in [0, 0.05) is 19.2 Å². The molecule has 0 bridgehead atoms. The second-order valence-electron chi connectivity index (χ2n) is 6.85. The summed E-state index contributed by atoms with van der Waals surface area (Å²) in [6, 6.07) is 9.79. The number of hydrogen-bond acceptors (Lipinski definition) is 6. The van der Waals surface area contributed by atoms with E-state index in [4.69, 9.17) is 14.2 Å². The predicted molar refractivity (Wildman–Crippen MR) is 130 cm³/mol. The number of benzene rings is 2. The van der Waals surface area contributed by atoms with Crippen molar-refractivity contribution in [1.82, 2.24) is 4.31 Å². The summed E-state index contributed by atoms with van der Waals surface area (Å²) in [6.45, 7) is 9.02. The van der Waals surface area contributed by atoms with Crippen molar-refractivity contribution in [3.8, 4) is 17.2 Å². The first kappa shape index (κ1) is 26.2. The molecule has 8 nitrogen and oxygen atoms in total. The molecule has 0 unspecified atom stereocenters. The highest BCUT2D eigenvalue weighted by molar-refractivity contribution is 7.89. The molecule has 0 aliphatic rings. The van der Waals surface area contributed by atoms with Crippen molar-refractivity contribution in [1.29, 1.82) is 0 Å². The number of hydrogen-bond donors (Lipinski definition) is 1. The van der Waals surface area contributed by atoms with Gasteiger partial charge in [-0.3, -0.25) is 4.79 Å². The van der Waals surface area contributed by atoms with Crippen LogP contribution in [0.15, 0.2) is 47.4 Å². The zero-order valence-corrected chi connectivity index (χ0v) is 20.6. The van der Waals surface area contributed by atoms with Crippen LogP contribution < -0.4 is 19.5 Å². The van der Waals surface area contributed by atoms with E-state index in [0.717, 1.165) is 5.56 Å². The summed E-state index contributed by atoms with van der Waals surface area (Å²) in [5, 5.41) is 2.70. The maximum absolute atomic E-state index is 12.8. The van der Waals surface area contributed by atoms with Crippen molar-refractivity contribution in [2.75, 3.05) is 38.7 Å². The summed E-state index contributed by atoms with van der Waals surface area (Å²) < 4.78 is 43.5. The second-order valence-corrected chi connectivity index (χ2v) is 8.78. The second kappa shape index (κ2) is 12.3. The molecule has 0 aliphatic carbocycles. The van der Waals surface area contributed by atoms with Gasteiger partial charge in [0.2, 0.25) is 15.9 Å². The van der Waals surface area contributed by atoms with Crippen LogP contribution in [0.2, 0.25) is 0 Å². The Morgan fingerprint density at radius 1 is 0.939 bits per heavy atom. The molecule has 0 atom stereocenters. The van der Waals surface area contributed by atoms with Crippen LogP contribution in [0.4, 0.5) is 5.69 Å². The third kappa shape index (κ3) is 6.72. The molecular formula is C24H32N2O6S. The molecule has 2 aromatic carbocycles. The zero-order valence-electron chi connectivity index (χ0n) is 19.8. The summed E-state index contributed by atoms with van der Waals surface area (Å²) in [6.07, 6.45) is 2.99. The fraction of sp³-hybridized carbons (Fsp3) is 0.375. The molecule has 0 spiro atoms. The molecule has 1 N–H and O–H groups in total. The van der Waals surface area contributed by atoms with Crippen molar-refractivity contribution in [2.24, 2.45) is 0 Å². The van der Waals surface area contributed by atoms with Crippen molar-refractivity contribution in [3.63, 3.8) is 0 Å². The summed E-state index contributed by atoms with van der Waals surface area (Å²) in [4.78, 5) is 12.7. The van der Waals surface area contributed by atoms with Crippen LogP contribution in [0.5, 0.6) is 17.2 Å². The molecule has 0 heterocycles. The summed E-state index contributed by atoms with van der Waals surface area (Å²) >= 11 is 0. The first-order chi connectivity index (χ1) is 15.8. The van der Waals surface area contributed by atoms with Gasteiger partial charge in [-0.05, 0) is 55.8 Å². The predicted octanol–water partition coefficient (Wildman–Crippen LogP) is 4.18. The lowest BCUT2D eigenvalue weighted by molar-refractivity contribution is -0.111. The Balaban J connectivity index is 2.26. The molecule has 0 aliphatic heterocycles. The number of ether oxygens (including phenoxy) is 3. The summed E-state index contributed by atoms with van der Waals surface area (Å²) in [5.74, 6) is 1.15. The number of anilines is 1. The molecular weight excluding hydrogens is 444 g/mol. The summed E-state index contributed by atoms with van der Waals surface area (Å²) in [5.41, 5.74) is 1.02. The van der Waals surface area contributed by atoms with Gasteiger partial charge in [0.15, 0.2) is 11.5 Å². The molecule has 0 saturated heterocycles. The van der Waals surface area contributed by atoms with E-state index in [9.17, 15) is 13.2 Å². The van der Waals surface area contributed by atoms with Crippen molar-refractivity contribution in [3.05, 3.63) is 48.0 Å². The van der Waals surface area contributed by atoms with Crippen molar-refractivity contribution in [2.45, 2.75) is 32.6 Å². The normalized spacial score (nSPS) is 11.6. The van der Waals surface area contributed by atoms with Gasteiger partial charge < -0.3 is 19.5 Å². The van der Waals surface area contributed by atoms with E-state index in [-0.39, 0.29) is 10.6 Å². The van der Waals surface area contributed by atoms with Gasteiger partial charge in [-0.1, -0.05) is 19.9 Å². The number of methoxy groups -OCH3 is 1. The largest absolute Gasteiger partial charge is 0.495 e. The van der Waals surface area contributed by atoms with E-state index in [2.05, 4.69) is 5.32 Å². The Kier molecular flexibility index (Phi) is 9.74. The molecule has 2 aromatic rings. The average Bonchev–Trinajstić information content (AvgIpc) is 2.80. The number of nitrogens with zero attached hydrogens (tertiary/aromatic N) is 1. The highest BCUT2D eigenvalue weighted by Crippen LogP contribution is 2.30. The lowest BCUT2D eigenvalue weighted by Crippen LogP contribution is -2.30. The minimum atomic E-state index is -3.68. The van der Waals surface area contributed by atoms with E-state index in [0.29, 0.717) is 43.6 Å². The van der Waals surface area contributed by atoms with Gasteiger partial charge >= 0.3 is 0 Å². The highest BCUT2D eigenvalue weighted by Gasteiger charge is 2.23. The van der Waals surface area contributed by atoms with E-state index in [1.165, 1.54) is 35.7 Å². The van der Waals surface area contributed by atoms with Gasteiger partial charge in [0.1, 0.15) is 5.75 Å². The van der Waals surface area contributed by atoms with Crippen LogP contribution >= 0.6 is 0 Å². The van der Waals surface area contributed by atoms with Crippen molar-refractivity contribution >= 4 is 27.7 Å². The maximum Gasteiger partial charge on any atom is 0.248 e. The zero-order chi connectivity index (χ0) is 24.4. The molecule has 2 rings (SSSR count). The number of amides is 1. The Morgan fingerprint density at radius 2 is 1.58 bits per heavy atom. The standard InChI is InChI=1S/C24H32N2O6S/c1-6-26(7-2)33(28,29)19-12-14-21(30-5)20(17-19)25-24(27)15-11-18-10-13-22(31-8-3)23(16-18)32-9-4/h10-17H,6-9H2,1-5H3,(H,25,27)/b15-11+. The molecule has 0 radical (unpaired) electrons. The number of sulfonamides is 1. The average molecular weight is 477 g/mol. The number of nitrogens with one attached hydrogen (secondary N) is 1. The molecule has 180 valence electrons. The Morgan fingerprint density at radius 3 is 2.18 bits per heavy atom. The van der Waals surface area contributed by atoms with Gasteiger partial charge in [-0.15, -0.1) is 0 Å². The topological polar surface area (TPSA) is 94.2 Å². The Bertz CT molecular complexity index is 1080. The fourth-order valence-electron chi connectivity index (χ4n) is 3.18. The van der Waals surface area contributed by atoms with Crippen LogP contribution in [0.1, 0.15) is 33.3 Å². The van der Waals surface area contributed by atoms with Crippen LogP contribution in [0.3, 0.4) is 0 Å².